The van der Waals surface area contributed by atoms with Gasteiger partial charge in [0.25, 0.3) is 11.4 Å². The number of aromatic hydroxyl groups is 2. The summed E-state index contributed by atoms with van der Waals surface area (Å²) in [6, 6.07) is 1.50. The molecule has 0 saturated carbocycles. The molecular weight excluding hydrogens is 150 g/mol. The molecular formula is C5H3N3O3. The molecule has 0 aliphatic rings. The first kappa shape index (κ1) is 7.08. The molecule has 0 spiro atoms. The number of H-pyrrole nitrogens is 1. The van der Waals surface area contributed by atoms with Gasteiger partial charge in [0.1, 0.15) is 6.07 Å². The third-order valence-electron chi connectivity index (χ3n) is 0.982. The molecule has 6 heteroatoms. The number of aromatic amines is 1. The highest BCUT2D eigenvalue weighted by molar-refractivity contribution is 5.29. The van der Waals surface area contributed by atoms with Crippen LogP contribution in [0.4, 0.5) is 0 Å². The summed E-state index contributed by atoms with van der Waals surface area (Å²) in [6.45, 7) is 0. The zero-order valence-electron chi connectivity index (χ0n) is 5.20. The van der Waals surface area contributed by atoms with Gasteiger partial charge >= 0.3 is 0 Å². The van der Waals surface area contributed by atoms with Crippen LogP contribution in [0.1, 0.15) is 5.82 Å². The van der Waals surface area contributed by atoms with Gasteiger partial charge in [-0.05, 0) is 0 Å². The fourth-order valence-corrected chi connectivity index (χ4v) is 0.508. The lowest BCUT2D eigenvalue weighted by atomic mass is 10.5. The number of nitriles is 1. The second-order valence-electron chi connectivity index (χ2n) is 1.70. The van der Waals surface area contributed by atoms with Crippen molar-refractivity contribution in [2.45, 2.75) is 0 Å². The number of hydrogen-bond donors (Lipinski definition) is 3. The molecule has 1 aromatic heterocycles. The fraction of sp³-hybridized carbons (Fsp3) is 0. The summed E-state index contributed by atoms with van der Waals surface area (Å²) in [7, 11) is 0. The predicted octanol–water partition coefficient (Wildman–Crippen LogP) is -0.947. The lowest BCUT2D eigenvalue weighted by molar-refractivity contribution is 0.381. The minimum absolute atomic E-state index is 0.342. The van der Waals surface area contributed by atoms with Gasteiger partial charge in [0, 0.05) is 0 Å². The molecule has 0 atom stereocenters. The van der Waals surface area contributed by atoms with Crippen molar-refractivity contribution in [3.05, 3.63) is 16.2 Å². The summed E-state index contributed by atoms with van der Waals surface area (Å²) in [6.07, 6.45) is 0. The Hall–Kier alpha value is -2.03. The Kier molecular flexibility index (Phi) is 1.48. The van der Waals surface area contributed by atoms with Crippen LogP contribution in [0, 0.1) is 11.3 Å². The van der Waals surface area contributed by atoms with Crippen molar-refractivity contribution >= 4 is 0 Å². The van der Waals surface area contributed by atoms with Crippen molar-refractivity contribution in [3.8, 4) is 17.7 Å². The van der Waals surface area contributed by atoms with Gasteiger partial charge in [-0.2, -0.15) is 10.2 Å². The van der Waals surface area contributed by atoms with Crippen LogP contribution in [0.3, 0.4) is 0 Å². The fourth-order valence-electron chi connectivity index (χ4n) is 0.508. The SMILES string of the molecule is N#Cc1nc(O)c(O)c(=O)[nH]1. The summed E-state index contributed by atoms with van der Waals surface area (Å²) in [5.74, 6) is -2.07. The zero-order valence-corrected chi connectivity index (χ0v) is 5.20. The quantitative estimate of drug-likeness (QED) is 0.445. The summed E-state index contributed by atoms with van der Waals surface area (Å²) in [5.41, 5.74) is -0.936. The van der Waals surface area contributed by atoms with Gasteiger partial charge in [0.2, 0.25) is 11.6 Å². The Bertz CT molecular complexity index is 376. The molecule has 56 valence electrons. The number of nitrogens with zero attached hydrogens (tertiary/aromatic N) is 2. The third kappa shape index (κ3) is 1.11. The van der Waals surface area contributed by atoms with Crippen LogP contribution in [-0.2, 0) is 0 Å². The molecule has 1 heterocycles. The van der Waals surface area contributed by atoms with E-state index in [4.69, 9.17) is 15.5 Å². The van der Waals surface area contributed by atoms with E-state index in [0.29, 0.717) is 0 Å². The van der Waals surface area contributed by atoms with Crippen LogP contribution in [-0.4, -0.2) is 20.2 Å². The van der Waals surface area contributed by atoms with Gasteiger partial charge in [-0.1, -0.05) is 0 Å². The van der Waals surface area contributed by atoms with E-state index in [1.165, 1.54) is 6.07 Å². The van der Waals surface area contributed by atoms with Gasteiger partial charge in [0.05, 0.1) is 0 Å². The van der Waals surface area contributed by atoms with Crippen molar-refractivity contribution in [2.75, 3.05) is 0 Å². The molecule has 3 N–H and O–H groups in total. The standard InChI is InChI=1S/C5H3N3O3/c6-1-2-7-4(10)3(9)5(11)8-2/h9H,(H2,7,8,10,11). The molecule has 0 radical (unpaired) electrons. The normalized spacial score (nSPS) is 9.00. The van der Waals surface area contributed by atoms with Crippen molar-refractivity contribution < 1.29 is 10.2 Å². The van der Waals surface area contributed by atoms with E-state index in [2.05, 4.69) is 4.98 Å². The van der Waals surface area contributed by atoms with E-state index in [-0.39, 0.29) is 5.82 Å². The summed E-state index contributed by atoms with van der Waals surface area (Å²) in [5, 5.41) is 25.5. The van der Waals surface area contributed by atoms with Crippen LogP contribution < -0.4 is 5.56 Å². The Morgan fingerprint density at radius 1 is 1.55 bits per heavy atom. The monoisotopic (exact) mass is 153 g/mol. The Balaban J connectivity index is 3.48. The van der Waals surface area contributed by atoms with E-state index in [9.17, 15) is 4.79 Å². The second kappa shape index (κ2) is 2.30. The van der Waals surface area contributed by atoms with Crippen LogP contribution in [0.25, 0.3) is 0 Å². The average molecular weight is 153 g/mol. The van der Waals surface area contributed by atoms with E-state index < -0.39 is 17.2 Å². The first-order valence-corrected chi connectivity index (χ1v) is 2.57. The first-order chi connectivity index (χ1) is 5.15. The van der Waals surface area contributed by atoms with Crippen LogP contribution in [0.5, 0.6) is 11.6 Å². The van der Waals surface area contributed by atoms with Gasteiger partial charge < -0.3 is 10.2 Å². The van der Waals surface area contributed by atoms with Crippen LogP contribution in [0.15, 0.2) is 4.79 Å². The van der Waals surface area contributed by atoms with Crippen molar-refractivity contribution in [3.63, 3.8) is 0 Å². The molecule has 0 unspecified atom stereocenters. The smallest absolute Gasteiger partial charge is 0.298 e. The maximum atomic E-state index is 10.6. The number of rotatable bonds is 0. The molecule has 1 rings (SSSR count). The molecule has 11 heavy (non-hydrogen) atoms. The highest BCUT2D eigenvalue weighted by Crippen LogP contribution is 2.13. The van der Waals surface area contributed by atoms with Crippen molar-refractivity contribution in [1.82, 2.24) is 9.97 Å². The number of hydrogen-bond acceptors (Lipinski definition) is 5. The molecule has 0 aliphatic heterocycles. The molecule has 1 aromatic rings. The van der Waals surface area contributed by atoms with Gasteiger partial charge in [0.15, 0.2) is 0 Å². The third-order valence-corrected chi connectivity index (χ3v) is 0.982. The molecule has 6 nitrogen and oxygen atoms in total. The molecule has 0 saturated heterocycles. The lowest BCUT2D eigenvalue weighted by Gasteiger charge is -1.93. The minimum Gasteiger partial charge on any atom is -0.499 e. The second-order valence-corrected chi connectivity index (χ2v) is 1.70. The highest BCUT2D eigenvalue weighted by Gasteiger charge is 2.06. The molecule has 0 aromatic carbocycles. The molecule has 0 fully saturated rings. The Labute approximate surface area is 60.4 Å². The molecule has 0 amide bonds. The predicted molar refractivity (Wildman–Crippen MR) is 32.9 cm³/mol. The van der Waals surface area contributed by atoms with E-state index in [1.54, 1.807) is 0 Å². The summed E-state index contributed by atoms with van der Waals surface area (Å²) < 4.78 is 0. The van der Waals surface area contributed by atoms with E-state index in [1.807, 2.05) is 4.98 Å². The number of nitrogens with one attached hydrogen (secondary N) is 1. The highest BCUT2D eigenvalue weighted by atomic mass is 16.3. The maximum Gasteiger partial charge on any atom is 0.298 e. The maximum absolute atomic E-state index is 10.6. The zero-order chi connectivity index (χ0) is 8.43. The summed E-state index contributed by atoms with van der Waals surface area (Å²) >= 11 is 0. The topological polar surface area (TPSA) is 110 Å². The van der Waals surface area contributed by atoms with Gasteiger partial charge in [-0.15, -0.1) is 0 Å². The van der Waals surface area contributed by atoms with Gasteiger partial charge in [-0.3, -0.25) is 9.78 Å². The van der Waals surface area contributed by atoms with Crippen molar-refractivity contribution in [2.24, 2.45) is 0 Å². The lowest BCUT2D eigenvalue weighted by Crippen LogP contribution is -2.08. The average Bonchev–Trinajstić information content (AvgIpc) is 1.99. The minimum atomic E-state index is -0.936. The molecule has 0 bridgehead atoms. The van der Waals surface area contributed by atoms with Crippen molar-refractivity contribution in [1.29, 1.82) is 5.26 Å². The van der Waals surface area contributed by atoms with Crippen LogP contribution in [0.2, 0.25) is 0 Å². The Morgan fingerprint density at radius 2 is 2.18 bits per heavy atom. The van der Waals surface area contributed by atoms with E-state index in [0.717, 1.165) is 0 Å². The number of aromatic nitrogens is 2. The Morgan fingerprint density at radius 3 is 2.64 bits per heavy atom. The van der Waals surface area contributed by atoms with Crippen LogP contribution >= 0.6 is 0 Å². The van der Waals surface area contributed by atoms with E-state index >= 15 is 0 Å². The largest absolute Gasteiger partial charge is 0.499 e. The summed E-state index contributed by atoms with van der Waals surface area (Å²) in [4.78, 5) is 15.6. The first-order valence-electron chi connectivity index (χ1n) is 2.57. The molecule has 0 aliphatic carbocycles. The van der Waals surface area contributed by atoms with Gasteiger partial charge in [-0.25, -0.2) is 0 Å².